The maximum Gasteiger partial charge on any atom is 0.268 e. The largest absolute Gasteiger partial charge is 0.493 e. The van der Waals surface area contributed by atoms with E-state index in [1.807, 2.05) is 19.1 Å². The molecule has 1 fully saturated rings. The van der Waals surface area contributed by atoms with Gasteiger partial charge in [-0.2, -0.15) is 0 Å². The van der Waals surface area contributed by atoms with Gasteiger partial charge in [0.15, 0.2) is 15.5 Å². The van der Waals surface area contributed by atoms with E-state index in [4.69, 9.17) is 4.74 Å². The third-order valence-electron chi connectivity index (χ3n) is 4.41. The molecule has 140 valence electrons. The lowest BCUT2D eigenvalue weighted by molar-refractivity contribution is -0.121. The molecule has 9 heteroatoms. The van der Waals surface area contributed by atoms with Gasteiger partial charge >= 0.3 is 0 Å². The summed E-state index contributed by atoms with van der Waals surface area (Å²) < 4.78 is 30.0. The van der Waals surface area contributed by atoms with E-state index in [0.29, 0.717) is 25.1 Å². The summed E-state index contributed by atoms with van der Waals surface area (Å²) in [6, 6.07) is 7.27. The summed E-state index contributed by atoms with van der Waals surface area (Å²) in [5, 5.41) is 18.8. The van der Waals surface area contributed by atoms with Gasteiger partial charge in [-0.15, -0.1) is 10.2 Å². The molecule has 1 aliphatic rings. The lowest BCUT2D eigenvalue weighted by Gasteiger charge is -2.06. The molecule has 0 spiro atoms. The number of para-hydroxylation sites is 1. The average Bonchev–Trinajstić information content (AvgIpc) is 3.11. The summed E-state index contributed by atoms with van der Waals surface area (Å²) in [7, 11) is -3.16. The van der Waals surface area contributed by atoms with Crippen LogP contribution in [0.2, 0.25) is 0 Å². The second-order valence-electron chi connectivity index (χ2n) is 6.18. The predicted octanol–water partition coefficient (Wildman–Crippen LogP) is 2.43. The van der Waals surface area contributed by atoms with E-state index in [1.165, 1.54) is 0 Å². The highest BCUT2D eigenvalue weighted by Crippen LogP contribution is 2.38. The van der Waals surface area contributed by atoms with Crippen LogP contribution >= 0.6 is 0 Å². The van der Waals surface area contributed by atoms with Crippen LogP contribution in [0.25, 0.3) is 10.9 Å². The Kier molecular flexibility index (Phi) is 5.38. The van der Waals surface area contributed by atoms with Crippen LogP contribution in [0.15, 0.2) is 34.5 Å². The summed E-state index contributed by atoms with van der Waals surface area (Å²) in [5.41, 5.74) is 0.959. The topological polar surface area (TPSA) is 110 Å². The Balaban J connectivity index is 1.87. The number of amides is 1. The summed E-state index contributed by atoms with van der Waals surface area (Å²) in [4.78, 5) is 12.1. The quantitative estimate of drug-likeness (QED) is 0.612. The second kappa shape index (κ2) is 7.55. The van der Waals surface area contributed by atoms with E-state index >= 15 is 0 Å². The number of carbonyl (C=O) groups excluding carboxylic acids is 1. The normalized spacial score (nSPS) is 19.5. The molecule has 2 aromatic rings. The van der Waals surface area contributed by atoms with E-state index in [2.05, 4.69) is 10.2 Å². The van der Waals surface area contributed by atoms with Crippen LogP contribution in [-0.2, 0) is 25.9 Å². The van der Waals surface area contributed by atoms with Crippen LogP contribution in [0.5, 0.6) is 5.88 Å². The van der Waals surface area contributed by atoms with Gasteiger partial charge in [0, 0.05) is 18.5 Å². The van der Waals surface area contributed by atoms with Crippen LogP contribution in [-0.4, -0.2) is 48.7 Å². The monoisotopic (exact) mass is 379 g/mol. The van der Waals surface area contributed by atoms with Gasteiger partial charge in [0.2, 0.25) is 5.88 Å². The van der Waals surface area contributed by atoms with Crippen molar-refractivity contribution < 1.29 is 23.1 Å². The zero-order valence-corrected chi connectivity index (χ0v) is 15.3. The number of ether oxygens (including phenoxy) is 1. The average molecular weight is 379 g/mol. The van der Waals surface area contributed by atoms with Gasteiger partial charge in [-0.1, -0.05) is 18.2 Å². The number of hydrogen-bond donors (Lipinski definition) is 1. The fourth-order valence-electron chi connectivity index (χ4n) is 3.07. The molecule has 1 N–H and O–H groups in total. The van der Waals surface area contributed by atoms with Gasteiger partial charge in [-0.05, 0) is 19.4 Å². The van der Waals surface area contributed by atoms with Crippen molar-refractivity contribution >= 4 is 32.3 Å². The molecule has 1 saturated heterocycles. The maximum absolute atomic E-state index is 12.1. The van der Waals surface area contributed by atoms with Crippen LogP contribution in [0.1, 0.15) is 13.3 Å². The Morgan fingerprint density at radius 3 is 2.85 bits per heavy atom. The van der Waals surface area contributed by atoms with Crippen molar-refractivity contribution in [2.45, 2.75) is 19.9 Å². The van der Waals surface area contributed by atoms with E-state index in [-0.39, 0.29) is 29.5 Å². The first-order valence-corrected chi connectivity index (χ1v) is 10.3. The van der Waals surface area contributed by atoms with Crippen LogP contribution < -0.4 is 0 Å². The number of nitrogens with zero attached hydrogens (tertiary/aromatic N) is 3. The first kappa shape index (κ1) is 18.5. The molecule has 0 unspecified atom stereocenters. The van der Waals surface area contributed by atoms with Gasteiger partial charge < -0.3 is 14.4 Å². The molecule has 1 aliphatic heterocycles. The van der Waals surface area contributed by atoms with Crippen molar-refractivity contribution in [2.75, 3.05) is 24.7 Å². The molecule has 26 heavy (non-hydrogen) atoms. The molecule has 1 amide bonds. The smallest absolute Gasteiger partial charge is 0.268 e. The second-order valence-corrected chi connectivity index (χ2v) is 8.40. The Morgan fingerprint density at radius 2 is 2.15 bits per heavy atom. The van der Waals surface area contributed by atoms with Crippen LogP contribution in [0, 0.1) is 5.92 Å². The van der Waals surface area contributed by atoms with Crippen molar-refractivity contribution in [1.82, 2.24) is 4.57 Å². The molecule has 1 aromatic carbocycles. The fraction of sp³-hybridized carbons (Fsp3) is 0.471. The zero-order chi connectivity index (χ0) is 18.7. The van der Waals surface area contributed by atoms with Crippen LogP contribution in [0.4, 0.5) is 5.69 Å². The Hall–Kier alpha value is -2.26. The van der Waals surface area contributed by atoms with Crippen molar-refractivity contribution in [3.8, 4) is 5.88 Å². The highest BCUT2D eigenvalue weighted by atomic mass is 32.2. The van der Waals surface area contributed by atoms with E-state index in [9.17, 15) is 18.3 Å². The lowest BCUT2D eigenvalue weighted by Crippen LogP contribution is -2.13. The summed E-state index contributed by atoms with van der Waals surface area (Å²) in [6.45, 7) is 3.33. The van der Waals surface area contributed by atoms with Gasteiger partial charge in [0.25, 0.3) is 5.91 Å². The molecule has 8 nitrogen and oxygen atoms in total. The maximum atomic E-state index is 12.1. The minimum atomic E-state index is -3.16. The Morgan fingerprint density at radius 1 is 1.38 bits per heavy atom. The van der Waals surface area contributed by atoms with Gasteiger partial charge in [-0.25, -0.2) is 8.42 Å². The number of aromatic hydroxyl groups is 1. The summed E-state index contributed by atoms with van der Waals surface area (Å²) in [6.07, 6.45) is 0.266. The van der Waals surface area contributed by atoms with Gasteiger partial charge in [0.05, 0.1) is 29.5 Å². The van der Waals surface area contributed by atoms with E-state index in [1.54, 1.807) is 16.7 Å². The summed E-state index contributed by atoms with van der Waals surface area (Å²) >= 11 is 0. The predicted molar refractivity (Wildman–Crippen MR) is 96.4 cm³/mol. The number of hydrogen-bond acceptors (Lipinski definition) is 6. The first-order chi connectivity index (χ1) is 12.4. The Bertz CT molecular complexity index is 949. The van der Waals surface area contributed by atoms with Crippen molar-refractivity contribution in [3.63, 3.8) is 0 Å². The highest BCUT2D eigenvalue weighted by Gasteiger charge is 2.33. The zero-order valence-electron chi connectivity index (χ0n) is 14.5. The standard InChI is InChI=1S/C17H21N3O5S/c1-2-25-9-8-20-14-6-4-3-5-13(14)15(17(20)22)18-19-16(21)12-7-10-26(23,24)11-12/h3-6,12,22H,2,7-11H2,1H3/t12-/m1/s1. The minimum absolute atomic E-state index is 0.000906. The minimum Gasteiger partial charge on any atom is -0.493 e. The molecule has 1 atom stereocenters. The van der Waals surface area contributed by atoms with E-state index < -0.39 is 21.7 Å². The molecule has 2 heterocycles. The van der Waals surface area contributed by atoms with Crippen molar-refractivity contribution in [3.05, 3.63) is 24.3 Å². The number of carbonyl (C=O) groups is 1. The van der Waals surface area contributed by atoms with Crippen LogP contribution in [0.3, 0.4) is 0 Å². The number of fused-ring (bicyclic) bond motifs is 1. The van der Waals surface area contributed by atoms with Crippen molar-refractivity contribution in [2.24, 2.45) is 16.1 Å². The first-order valence-electron chi connectivity index (χ1n) is 8.47. The molecular formula is C17H21N3O5S. The van der Waals surface area contributed by atoms with Crippen molar-refractivity contribution in [1.29, 1.82) is 0 Å². The number of sulfone groups is 1. The molecule has 0 radical (unpaired) electrons. The van der Waals surface area contributed by atoms with Gasteiger partial charge in [-0.3, -0.25) is 4.79 Å². The number of benzene rings is 1. The van der Waals surface area contributed by atoms with E-state index in [0.717, 1.165) is 5.52 Å². The third kappa shape index (κ3) is 3.78. The summed E-state index contributed by atoms with van der Waals surface area (Å²) in [5.74, 6) is -1.51. The molecule has 1 aromatic heterocycles. The fourth-order valence-corrected chi connectivity index (χ4v) is 4.80. The number of rotatable bonds is 6. The molecule has 0 saturated carbocycles. The molecule has 0 bridgehead atoms. The van der Waals surface area contributed by atoms with Gasteiger partial charge in [0.1, 0.15) is 0 Å². The Labute approximate surface area is 151 Å². The number of aromatic nitrogens is 1. The molecule has 3 rings (SSSR count). The number of azo groups is 1. The molecule has 0 aliphatic carbocycles. The SMILES string of the molecule is CCOCCn1c(O)c(N=NC(=O)[C@@H]2CCS(=O)(=O)C2)c2ccccc21. The highest BCUT2D eigenvalue weighted by molar-refractivity contribution is 7.91. The lowest BCUT2D eigenvalue weighted by atomic mass is 10.1. The third-order valence-corrected chi connectivity index (χ3v) is 6.18. The molecular weight excluding hydrogens is 358 g/mol.